The van der Waals surface area contributed by atoms with Crippen molar-refractivity contribution in [2.24, 2.45) is 5.92 Å². The van der Waals surface area contributed by atoms with Gasteiger partial charge in [-0.1, -0.05) is 26.0 Å². The molecule has 0 fully saturated rings. The Kier molecular flexibility index (Phi) is 5.90. The Morgan fingerprint density at radius 1 is 1.12 bits per heavy atom. The van der Waals surface area contributed by atoms with Crippen molar-refractivity contribution in [3.63, 3.8) is 0 Å². The molecule has 3 N–H and O–H groups in total. The second-order valence-electron chi connectivity index (χ2n) is 7.74. The Hall–Kier alpha value is -2.57. The van der Waals surface area contributed by atoms with E-state index in [4.69, 9.17) is 4.74 Å². The lowest BCUT2D eigenvalue weighted by Gasteiger charge is -2.26. The monoisotopic (exact) mass is 360 g/mol. The van der Waals surface area contributed by atoms with Crippen LogP contribution in [0.5, 0.6) is 0 Å². The van der Waals surface area contributed by atoms with Gasteiger partial charge in [-0.25, -0.2) is 9.78 Å². The van der Waals surface area contributed by atoms with Gasteiger partial charge in [-0.05, 0) is 45.7 Å². The number of amides is 2. The van der Waals surface area contributed by atoms with Gasteiger partial charge in [0.15, 0.2) is 0 Å². The third kappa shape index (κ3) is 5.21. The van der Waals surface area contributed by atoms with Crippen LogP contribution in [0.1, 0.15) is 53.4 Å². The first-order valence-electron chi connectivity index (χ1n) is 8.81. The van der Waals surface area contributed by atoms with Crippen LogP contribution < -0.4 is 10.6 Å². The van der Waals surface area contributed by atoms with Gasteiger partial charge in [0.2, 0.25) is 5.91 Å². The first kappa shape index (κ1) is 19.8. The van der Waals surface area contributed by atoms with E-state index < -0.39 is 17.7 Å². The van der Waals surface area contributed by atoms with Crippen molar-refractivity contribution in [1.82, 2.24) is 20.6 Å². The first-order valence-corrected chi connectivity index (χ1v) is 8.81. The minimum Gasteiger partial charge on any atom is -0.444 e. The van der Waals surface area contributed by atoms with E-state index in [1.54, 1.807) is 20.8 Å². The number of hydrogen-bond acceptors (Lipinski definition) is 4. The number of fused-ring (bicyclic) bond motifs is 1. The Balaban J connectivity index is 2.05. The summed E-state index contributed by atoms with van der Waals surface area (Å²) < 4.78 is 5.25. The molecule has 1 aromatic heterocycles. The number of carbonyl (C=O) groups excluding carboxylic acids is 2. The molecule has 1 heterocycles. The highest BCUT2D eigenvalue weighted by molar-refractivity contribution is 5.86. The number of rotatable bonds is 5. The summed E-state index contributed by atoms with van der Waals surface area (Å²) in [6.07, 6.45) is -0.609. The van der Waals surface area contributed by atoms with Crippen LogP contribution in [0.15, 0.2) is 24.3 Å². The Labute approximate surface area is 153 Å². The minimum absolute atomic E-state index is 0.0922. The molecular formula is C19H28N4O3. The van der Waals surface area contributed by atoms with Crippen LogP contribution in [-0.2, 0) is 9.53 Å². The average molecular weight is 360 g/mol. The van der Waals surface area contributed by atoms with Gasteiger partial charge >= 0.3 is 6.09 Å². The van der Waals surface area contributed by atoms with Crippen molar-refractivity contribution in [1.29, 1.82) is 0 Å². The van der Waals surface area contributed by atoms with Crippen LogP contribution in [-0.4, -0.2) is 33.6 Å². The lowest BCUT2D eigenvalue weighted by atomic mass is 10.0. The largest absolute Gasteiger partial charge is 0.444 e. The van der Waals surface area contributed by atoms with Crippen molar-refractivity contribution in [2.75, 3.05) is 0 Å². The summed E-state index contributed by atoms with van der Waals surface area (Å²) in [6.45, 7) is 10.9. The van der Waals surface area contributed by atoms with E-state index in [2.05, 4.69) is 20.6 Å². The van der Waals surface area contributed by atoms with Crippen molar-refractivity contribution in [3.05, 3.63) is 30.1 Å². The normalized spacial score (nSPS) is 14.1. The number of aromatic amines is 1. The molecule has 142 valence electrons. The van der Waals surface area contributed by atoms with Gasteiger partial charge in [-0.15, -0.1) is 0 Å². The molecule has 1 aromatic carbocycles. The molecule has 26 heavy (non-hydrogen) atoms. The van der Waals surface area contributed by atoms with Gasteiger partial charge in [0, 0.05) is 0 Å². The highest BCUT2D eigenvalue weighted by atomic mass is 16.6. The third-order valence-electron chi connectivity index (χ3n) is 3.80. The zero-order chi connectivity index (χ0) is 19.5. The molecule has 2 amide bonds. The highest BCUT2D eigenvalue weighted by Gasteiger charge is 2.28. The topological polar surface area (TPSA) is 96.1 Å². The molecule has 2 atom stereocenters. The van der Waals surface area contributed by atoms with Crippen molar-refractivity contribution in [2.45, 2.75) is 59.2 Å². The van der Waals surface area contributed by atoms with Crippen molar-refractivity contribution < 1.29 is 14.3 Å². The molecule has 0 saturated carbocycles. The predicted molar refractivity (Wildman–Crippen MR) is 101 cm³/mol. The van der Waals surface area contributed by atoms with E-state index >= 15 is 0 Å². The summed E-state index contributed by atoms with van der Waals surface area (Å²) >= 11 is 0. The Morgan fingerprint density at radius 2 is 1.77 bits per heavy atom. The fraction of sp³-hybridized carbons (Fsp3) is 0.526. The molecule has 0 aliphatic heterocycles. The molecule has 7 heteroatoms. The summed E-state index contributed by atoms with van der Waals surface area (Å²) in [6, 6.07) is 6.66. The van der Waals surface area contributed by atoms with Gasteiger partial charge in [-0.3, -0.25) is 4.79 Å². The number of imidazole rings is 1. The number of aromatic nitrogens is 2. The first-order chi connectivity index (χ1) is 12.1. The number of alkyl carbamates (subject to hydrolysis) is 1. The number of carbonyl (C=O) groups is 2. The number of ether oxygens (including phenoxy) is 1. The van der Waals surface area contributed by atoms with E-state index in [1.165, 1.54) is 0 Å². The average Bonchev–Trinajstić information content (AvgIpc) is 2.94. The van der Waals surface area contributed by atoms with Gasteiger partial charge in [0.05, 0.1) is 17.1 Å². The van der Waals surface area contributed by atoms with Gasteiger partial charge in [-0.2, -0.15) is 0 Å². The molecule has 0 aliphatic rings. The molecule has 1 unspecified atom stereocenters. The third-order valence-corrected chi connectivity index (χ3v) is 3.80. The van der Waals surface area contributed by atoms with Crippen molar-refractivity contribution >= 4 is 23.0 Å². The maximum atomic E-state index is 12.7. The smallest absolute Gasteiger partial charge is 0.408 e. The molecule has 2 aromatic rings. The molecule has 0 aliphatic carbocycles. The van der Waals surface area contributed by atoms with Crippen LogP contribution >= 0.6 is 0 Å². The van der Waals surface area contributed by atoms with Gasteiger partial charge < -0.3 is 20.4 Å². The number of nitrogens with one attached hydrogen (secondary N) is 3. The standard InChI is InChI=1S/C19H28N4O3/c1-11(2)15(23-18(25)26-19(4,5)6)17(24)20-12(3)16-21-13-9-7-8-10-14(13)22-16/h7-12,15H,1-6H3,(H,20,24)(H,21,22)(H,23,25)/t12?,15-/m0/s1. The van der Waals surface area contributed by atoms with E-state index in [0.29, 0.717) is 5.82 Å². The van der Waals surface area contributed by atoms with Crippen LogP contribution in [0.25, 0.3) is 11.0 Å². The second kappa shape index (κ2) is 7.76. The Morgan fingerprint density at radius 3 is 2.35 bits per heavy atom. The maximum absolute atomic E-state index is 12.7. The fourth-order valence-corrected chi connectivity index (χ4v) is 2.52. The van der Waals surface area contributed by atoms with Crippen LogP contribution in [0.4, 0.5) is 4.79 Å². The maximum Gasteiger partial charge on any atom is 0.408 e. The number of para-hydroxylation sites is 2. The molecule has 2 rings (SSSR count). The molecule has 0 spiro atoms. The van der Waals surface area contributed by atoms with E-state index in [9.17, 15) is 9.59 Å². The summed E-state index contributed by atoms with van der Waals surface area (Å²) in [5.74, 6) is 0.295. The minimum atomic E-state index is -0.698. The van der Waals surface area contributed by atoms with Crippen molar-refractivity contribution in [3.8, 4) is 0 Å². The van der Waals surface area contributed by atoms with Gasteiger partial charge in [0.25, 0.3) is 0 Å². The quantitative estimate of drug-likeness (QED) is 0.762. The lowest BCUT2D eigenvalue weighted by Crippen LogP contribution is -2.51. The predicted octanol–water partition coefficient (Wildman–Crippen LogP) is 3.29. The van der Waals surface area contributed by atoms with Gasteiger partial charge in [0.1, 0.15) is 17.5 Å². The van der Waals surface area contributed by atoms with E-state index in [0.717, 1.165) is 11.0 Å². The highest BCUT2D eigenvalue weighted by Crippen LogP contribution is 2.16. The zero-order valence-corrected chi connectivity index (χ0v) is 16.2. The fourth-order valence-electron chi connectivity index (χ4n) is 2.52. The summed E-state index contributed by atoms with van der Waals surface area (Å²) in [5.41, 5.74) is 1.13. The zero-order valence-electron chi connectivity index (χ0n) is 16.2. The lowest BCUT2D eigenvalue weighted by molar-refractivity contribution is -0.124. The number of H-pyrrole nitrogens is 1. The van der Waals surface area contributed by atoms with E-state index in [-0.39, 0.29) is 17.9 Å². The number of benzene rings is 1. The Bertz CT molecular complexity index is 743. The number of nitrogens with zero attached hydrogens (tertiary/aromatic N) is 1. The molecule has 0 saturated heterocycles. The van der Waals surface area contributed by atoms with E-state index in [1.807, 2.05) is 45.0 Å². The SMILES string of the molecule is CC(NC(=O)[C@@H](NC(=O)OC(C)(C)C)C(C)C)c1nc2ccccc2[nH]1. The molecule has 0 radical (unpaired) electrons. The van der Waals surface area contributed by atoms with Crippen LogP contribution in [0.3, 0.4) is 0 Å². The molecule has 7 nitrogen and oxygen atoms in total. The van der Waals surface area contributed by atoms with Crippen LogP contribution in [0.2, 0.25) is 0 Å². The second-order valence-corrected chi connectivity index (χ2v) is 7.74. The number of hydrogen-bond donors (Lipinski definition) is 3. The van der Waals surface area contributed by atoms with Crippen LogP contribution in [0, 0.1) is 5.92 Å². The summed E-state index contributed by atoms with van der Waals surface area (Å²) in [4.78, 5) is 32.4. The molecular weight excluding hydrogens is 332 g/mol. The summed E-state index contributed by atoms with van der Waals surface area (Å²) in [5, 5.41) is 5.56. The molecule has 0 bridgehead atoms. The summed E-state index contributed by atoms with van der Waals surface area (Å²) in [7, 11) is 0.